The molecule has 0 unspecified atom stereocenters. The number of hydrogen-bond donors (Lipinski definition) is 2. The van der Waals surface area contributed by atoms with Gasteiger partial charge < -0.3 is 11.1 Å². The molecule has 0 radical (unpaired) electrons. The van der Waals surface area contributed by atoms with Gasteiger partial charge in [0.2, 0.25) is 11.8 Å². The highest BCUT2D eigenvalue weighted by atomic mass is 16.2. The van der Waals surface area contributed by atoms with Gasteiger partial charge in [0, 0.05) is 32.2 Å². The van der Waals surface area contributed by atoms with Crippen LogP contribution in [0, 0.1) is 5.41 Å². The van der Waals surface area contributed by atoms with Gasteiger partial charge in [-0.1, -0.05) is 0 Å². The Morgan fingerprint density at radius 3 is 2.91 bits per heavy atom. The first-order chi connectivity index (χ1) is 11.1. The van der Waals surface area contributed by atoms with Crippen LogP contribution in [0.3, 0.4) is 0 Å². The van der Waals surface area contributed by atoms with Crippen molar-refractivity contribution in [3.8, 4) is 0 Å². The molecule has 0 bridgehead atoms. The Bertz CT molecular complexity index is 537. The smallest absolute Gasteiger partial charge is 0.231 e. The average Bonchev–Trinajstić information content (AvgIpc) is 2.54. The van der Waals surface area contributed by atoms with Crippen molar-refractivity contribution >= 4 is 11.8 Å². The molecule has 7 nitrogen and oxygen atoms in total. The van der Waals surface area contributed by atoms with Gasteiger partial charge in [-0.25, -0.2) is 0 Å². The third-order valence-electron chi connectivity index (χ3n) is 4.45. The molecule has 1 aromatic heterocycles. The van der Waals surface area contributed by atoms with E-state index in [9.17, 15) is 9.59 Å². The van der Waals surface area contributed by atoms with Gasteiger partial charge in [0.05, 0.1) is 17.7 Å². The van der Waals surface area contributed by atoms with Crippen LogP contribution in [0.15, 0.2) is 18.6 Å². The van der Waals surface area contributed by atoms with Crippen LogP contribution in [0.1, 0.15) is 31.4 Å². The number of carbonyl (C=O) groups is 2. The van der Waals surface area contributed by atoms with E-state index in [1.165, 1.54) is 0 Å². The van der Waals surface area contributed by atoms with E-state index < -0.39 is 5.41 Å². The second-order valence-corrected chi connectivity index (χ2v) is 6.19. The lowest BCUT2D eigenvalue weighted by Gasteiger charge is -2.41. The summed E-state index contributed by atoms with van der Waals surface area (Å²) in [6, 6.07) is 0. The summed E-state index contributed by atoms with van der Waals surface area (Å²) in [6.45, 7) is 1.60. The summed E-state index contributed by atoms with van der Waals surface area (Å²) in [5, 5.41) is 2.79. The molecule has 2 heterocycles. The minimum atomic E-state index is -0.454. The van der Waals surface area contributed by atoms with E-state index in [4.69, 9.17) is 5.73 Å². The first-order valence-electron chi connectivity index (χ1n) is 8.03. The van der Waals surface area contributed by atoms with Crippen molar-refractivity contribution in [3.05, 3.63) is 24.3 Å². The molecule has 1 saturated heterocycles. The van der Waals surface area contributed by atoms with E-state index in [1.54, 1.807) is 25.6 Å². The van der Waals surface area contributed by atoms with Gasteiger partial charge >= 0.3 is 0 Å². The number of primary amides is 1. The van der Waals surface area contributed by atoms with Crippen molar-refractivity contribution in [1.82, 2.24) is 20.2 Å². The molecule has 23 heavy (non-hydrogen) atoms. The predicted molar refractivity (Wildman–Crippen MR) is 86.3 cm³/mol. The number of nitrogens with one attached hydrogen (secondary N) is 1. The first kappa shape index (κ1) is 17.3. The van der Waals surface area contributed by atoms with E-state index in [1.807, 2.05) is 4.90 Å². The fourth-order valence-corrected chi connectivity index (χ4v) is 3.42. The van der Waals surface area contributed by atoms with Crippen molar-refractivity contribution in [1.29, 1.82) is 0 Å². The molecule has 2 rings (SSSR count). The maximum atomic E-state index is 12.5. The maximum Gasteiger partial charge on any atom is 0.231 e. The Hall–Kier alpha value is -2.02. The third-order valence-corrected chi connectivity index (χ3v) is 4.45. The number of nitrogens with two attached hydrogens (primary N) is 1. The molecule has 7 heteroatoms. The van der Waals surface area contributed by atoms with Gasteiger partial charge in [-0.2, -0.15) is 0 Å². The SMILES string of the molecule is CNC(=O)[C@@]1(CCCc2cnccn2)CCCN(CC(N)=O)C1. The summed E-state index contributed by atoms with van der Waals surface area (Å²) in [5.41, 5.74) is 5.78. The Morgan fingerprint density at radius 1 is 1.43 bits per heavy atom. The number of piperidine rings is 1. The summed E-state index contributed by atoms with van der Waals surface area (Å²) in [6.07, 6.45) is 9.23. The number of likely N-dealkylation sites (tertiary alicyclic amines) is 1. The Labute approximate surface area is 136 Å². The summed E-state index contributed by atoms with van der Waals surface area (Å²) >= 11 is 0. The fourth-order valence-electron chi connectivity index (χ4n) is 3.42. The Kier molecular flexibility index (Phi) is 6.04. The van der Waals surface area contributed by atoms with Gasteiger partial charge in [-0.05, 0) is 38.6 Å². The maximum absolute atomic E-state index is 12.5. The number of aryl methyl sites for hydroxylation is 1. The van der Waals surface area contributed by atoms with Gasteiger partial charge in [0.25, 0.3) is 0 Å². The van der Waals surface area contributed by atoms with Gasteiger partial charge in [-0.15, -0.1) is 0 Å². The largest absolute Gasteiger partial charge is 0.369 e. The lowest BCUT2D eigenvalue weighted by molar-refractivity contribution is -0.136. The standard InChI is InChI=1S/C16H25N5O2/c1-18-15(23)16(5-2-4-13-10-19-7-8-20-13)6-3-9-21(12-16)11-14(17)22/h7-8,10H,2-6,9,11-12H2,1H3,(H2,17,22)(H,18,23)/t16-/m0/s1. The molecule has 1 fully saturated rings. The summed E-state index contributed by atoms with van der Waals surface area (Å²) < 4.78 is 0. The number of hydrogen-bond acceptors (Lipinski definition) is 5. The molecule has 1 aromatic rings. The van der Waals surface area contributed by atoms with E-state index >= 15 is 0 Å². The molecule has 3 N–H and O–H groups in total. The number of amides is 2. The molecular weight excluding hydrogens is 294 g/mol. The van der Waals surface area contributed by atoms with E-state index in [0.29, 0.717) is 6.54 Å². The first-order valence-corrected chi connectivity index (χ1v) is 8.03. The van der Waals surface area contributed by atoms with E-state index in [0.717, 1.165) is 44.3 Å². The topological polar surface area (TPSA) is 101 Å². The minimum Gasteiger partial charge on any atom is -0.369 e. The molecule has 126 valence electrons. The Morgan fingerprint density at radius 2 is 2.26 bits per heavy atom. The van der Waals surface area contributed by atoms with Crippen molar-refractivity contribution in [3.63, 3.8) is 0 Å². The van der Waals surface area contributed by atoms with Crippen LogP contribution >= 0.6 is 0 Å². The van der Waals surface area contributed by atoms with Crippen LogP contribution in [0.25, 0.3) is 0 Å². The monoisotopic (exact) mass is 319 g/mol. The number of nitrogens with zero attached hydrogens (tertiary/aromatic N) is 3. The number of aromatic nitrogens is 2. The van der Waals surface area contributed by atoms with Crippen LogP contribution in [-0.4, -0.2) is 53.4 Å². The molecule has 0 spiro atoms. The Balaban J connectivity index is 2.00. The summed E-state index contributed by atoms with van der Waals surface area (Å²) in [7, 11) is 1.67. The summed E-state index contributed by atoms with van der Waals surface area (Å²) in [4.78, 5) is 34.0. The third kappa shape index (κ3) is 4.72. The minimum absolute atomic E-state index is 0.0471. The molecule has 1 atom stereocenters. The van der Waals surface area contributed by atoms with Crippen molar-refractivity contribution in [2.24, 2.45) is 11.1 Å². The molecule has 1 aliphatic heterocycles. The second-order valence-electron chi connectivity index (χ2n) is 6.19. The number of carbonyl (C=O) groups excluding carboxylic acids is 2. The highest BCUT2D eigenvalue weighted by molar-refractivity contribution is 5.83. The molecular formula is C16H25N5O2. The van der Waals surface area contributed by atoms with Crippen LogP contribution in [0.4, 0.5) is 0 Å². The zero-order valence-electron chi connectivity index (χ0n) is 13.6. The molecule has 0 aliphatic carbocycles. The van der Waals surface area contributed by atoms with Crippen LogP contribution in [-0.2, 0) is 16.0 Å². The van der Waals surface area contributed by atoms with E-state index in [2.05, 4.69) is 15.3 Å². The molecule has 0 saturated carbocycles. The second kappa shape index (κ2) is 8.01. The summed E-state index contributed by atoms with van der Waals surface area (Å²) in [5.74, 6) is -0.303. The van der Waals surface area contributed by atoms with Gasteiger partial charge in [-0.3, -0.25) is 24.5 Å². The molecule has 2 amide bonds. The van der Waals surface area contributed by atoms with Gasteiger partial charge in [0.1, 0.15) is 0 Å². The number of rotatable bonds is 7. The lowest BCUT2D eigenvalue weighted by Crippen LogP contribution is -2.52. The lowest BCUT2D eigenvalue weighted by atomic mass is 9.75. The molecule has 1 aliphatic rings. The fraction of sp³-hybridized carbons (Fsp3) is 0.625. The average molecular weight is 319 g/mol. The van der Waals surface area contributed by atoms with Crippen LogP contribution in [0.5, 0.6) is 0 Å². The quantitative estimate of drug-likeness (QED) is 0.743. The van der Waals surface area contributed by atoms with Crippen molar-refractivity contribution in [2.45, 2.75) is 32.1 Å². The zero-order chi connectivity index (χ0) is 16.7. The highest BCUT2D eigenvalue weighted by Crippen LogP contribution is 2.35. The van der Waals surface area contributed by atoms with E-state index in [-0.39, 0.29) is 18.4 Å². The van der Waals surface area contributed by atoms with Gasteiger partial charge in [0.15, 0.2) is 0 Å². The predicted octanol–water partition coefficient (Wildman–Crippen LogP) is 0.113. The van der Waals surface area contributed by atoms with Crippen molar-refractivity contribution < 1.29 is 9.59 Å². The zero-order valence-corrected chi connectivity index (χ0v) is 13.6. The normalized spacial score (nSPS) is 21.8. The molecule has 0 aromatic carbocycles. The highest BCUT2D eigenvalue weighted by Gasteiger charge is 2.41. The van der Waals surface area contributed by atoms with Crippen LogP contribution < -0.4 is 11.1 Å². The van der Waals surface area contributed by atoms with Crippen molar-refractivity contribution in [2.75, 3.05) is 26.7 Å². The van der Waals surface area contributed by atoms with Crippen LogP contribution in [0.2, 0.25) is 0 Å².